The molecule has 0 saturated carbocycles. The fourth-order valence-corrected chi connectivity index (χ4v) is 1.70. The molecule has 0 N–H and O–H groups in total. The van der Waals surface area contributed by atoms with E-state index in [0.29, 0.717) is 12.5 Å². The van der Waals surface area contributed by atoms with Gasteiger partial charge in [-0.1, -0.05) is 0 Å². The van der Waals surface area contributed by atoms with Crippen LogP contribution < -0.4 is 0 Å². The second-order valence-electron chi connectivity index (χ2n) is 4.80. The van der Waals surface area contributed by atoms with Gasteiger partial charge in [-0.15, -0.1) is 0 Å². The number of hydrogen-bond acceptors (Lipinski definition) is 4. The fourth-order valence-electron chi connectivity index (χ4n) is 1.70. The summed E-state index contributed by atoms with van der Waals surface area (Å²) in [7, 11) is 3.45. The van der Waals surface area contributed by atoms with Crippen molar-refractivity contribution in [2.75, 3.05) is 20.7 Å². The number of methoxy groups -OCH3 is 1. The van der Waals surface area contributed by atoms with Crippen LogP contribution >= 0.6 is 0 Å². The average molecular weight is 253 g/mol. The summed E-state index contributed by atoms with van der Waals surface area (Å²) in [6.45, 7) is 5.89. The Balaban J connectivity index is 2.30. The van der Waals surface area contributed by atoms with E-state index in [4.69, 9.17) is 0 Å². The van der Waals surface area contributed by atoms with Crippen LogP contribution in [0.4, 0.5) is 0 Å². The van der Waals surface area contributed by atoms with Crippen LogP contribution in [0.15, 0.2) is 12.3 Å². The van der Waals surface area contributed by atoms with Gasteiger partial charge in [0.15, 0.2) is 0 Å². The van der Waals surface area contributed by atoms with Gasteiger partial charge in [-0.2, -0.15) is 5.10 Å². The first kappa shape index (κ1) is 14.7. The van der Waals surface area contributed by atoms with Gasteiger partial charge >= 0.3 is 5.97 Å². The summed E-state index contributed by atoms with van der Waals surface area (Å²) in [5.41, 5.74) is 1.06. The van der Waals surface area contributed by atoms with Crippen LogP contribution in [-0.4, -0.2) is 41.4 Å². The van der Waals surface area contributed by atoms with E-state index in [1.165, 1.54) is 7.11 Å². The van der Waals surface area contributed by atoms with Crippen molar-refractivity contribution in [1.82, 2.24) is 14.7 Å². The predicted octanol–water partition coefficient (Wildman–Crippen LogP) is 1.85. The van der Waals surface area contributed by atoms with E-state index in [9.17, 15) is 4.79 Å². The maximum Gasteiger partial charge on any atom is 0.305 e. The molecule has 1 aromatic rings. The van der Waals surface area contributed by atoms with Gasteiger partial charge in [0.05, 0.1) is 12.8 Å². The van der Waals surface area contributed by atoms with Gasteiger partial charge in [0.1, 0.15) is 0 Å². The molecule has 102 valence electrons. The van der Waals surface area contributed by atoms with Gasteiger partial charge in [-0.05, 0) is 39.9 Å². The van der Waals surface area contributed by atoms with Crippen molar-refractivity contribution < 1.29 is 9.53 Å². The van der Waals surface area contributed by atoms with E-state index in [0.717, 1.165) is 25.2 Å². The molecular weight excluding hydrogens is 230 g/mol. The molecule has 0 fully saturated rings. The lowest BCUT2D eigenvalue weighted by molar-refractivity contribution is -0.140. The van der Waals surface area contributed by atoms with Crippen LogP contribution in [0.3, 0.4) is 0 Å². The van der Waals surface area contributed by atoms with Crippen LogP contribution in [0.5, 0.6) is 0 Å². The molecule has 0 saturated heterocycles. The number of carbonyl (C=O) groups is 1. The van der Waals surface area contributed by atoms with Crippen molar-refractivity contribution in [2.45, 2.75) is 39.3 Å². The Hall–Kier alpha value is -1.36. The normalized spacial score (nSPS) is 11.2. The number of ether oxygens (including phenoxy) is 1. The molecule has 18 heavy (non-hydrogen) atoms. The van der Waals surface area contributed by atoms with Gasteiger partial charge in [-0.3, -0.25) is 9.48 Å². The molecular formula is C13H23N3O2. The van der Waals surface area contributed by atoms with Crippen molar-refractivity contribution in [1.29, 1.82) is 0 Å². The van der Waals surface area contributed by atoms with Crippen LogP contribution in [0.2, 0.25) is 0 Å². The standard InChI is InChI=1S/C13H23N3O2/c1-11(2)16-9-7-12(14-16)10-15(3)8-5-6-13(17)18-4/h7,9,11H,5-6,8,10H2,1-4H3. The first-order chi connectivity index (χ1) is 8.52. The smallest absolute Gasteiger partial charge is 0.305 e. The van der Waals surface area contributed by atoms with Crippen LogP contribution in [-0.2, 0) is 16.1 Å². The molecule has 0 aliphatic carbocycles. The largest absolute Gasteiger partial charge is 0.469 e. The monoisotopic (exact) mass is 253 g/mol. The molecule has 1 rings (SSSR count). The Labute approximate surface area is 109 Å². The van der Waals surface area contributed by atoms with Crippen molar-refractivity contribution >= 4 is 5.97 Å². The topological polar surface area (TPSA) is 47.4 Å². The number of aromatic nitrogens is 2. The summed E-state index contributed by atoms with van der Waals surface area (Å²) in [5, 5.41) is 4.49. The lowest BCUT2D eigenvalue weighted by Crippen LogP contribution is -2.20. The quantitative estimate of drug-likeness (QED) is 0.696. The first-order valence-electron chi connectivity index (χ1n) is 6.32. The summed E-state index contributed by atoms with van der Waals surface area (Å²) in [6.07, 6.45) is 3.29. The van der Waals surface area contributed by atoms with Crippen molar-refractivity contribution in [2.24, 2.45) is 0 Å². The molecule has 0 aromatic carbocycles. The molecule has 1 heterocycles. The van der Waals surface area contributed by atoms with E-state index in [-0.39, 0.29) is 5.97 Å². The lowest BCUT2D eigenvalue weighted by atomic mass is 10.3. The second-order valence-corrected chi connectivity index (χ2v) is 4.80. The third kappa shape index (κ3) is 4.87. The Morgan fingerprint density at radius 2 is 2.28 bits per heavy atom. The zero-order valence-corrected chi connectivity index (χ0v) is 11.7. The SMILES string of the molecule is COC(=O)CCCN(C)Cc1ccn(C(C)C)n1. The molecule has 0 aliphatic rings. The van der Waals surface area contributed by atoms with Crippen LogP contribution in [0.25, 0.3) is 0 Å². The fraction of sp³-hybridized carbons (Fsp3) is 0.692. The maximum absolute atomic E-state index is 11.0. The highest BCUT2D eigenvalue weighted by Gasteiger charge is 2.06. The number of rotatable bonds is 7. The summed E-state index contributed by atoms with van der Waals surface area (Å²) in [5.74, 6) is -0.146. The van der Waals surface area contributed by atoms with E-state index in [1.54, 1.807) is 0 Å². The first-order valence-corrected chi connectivity index (χ1v) is 6.32. The Morgan fingerprint density at radius 1 is 1.56 bits per heavy atom. The molecule has 0 amide bonds. The number of esters is 1. The van der Waals surface area contributed by atoms with Crippen LogP contribution in [0.1, 0.15) is 38.4 Å². The van der Waals surface area contributed by atoms with Gasteiger partial charge < -0.3 is 9.64 Å². The van der Waals surface area contributed by atoms with E-state index in [1.807, 2.05) is 24.0 Å². The molecule has 0 spiro atoms. The zero-order valence-electron chi connectivity index (χ0n) is 11.7. The summed E-state index contributed by atoms with van der Waals surface area (Å²) >= 11 is 0. The highest BCUT2D eigenvalue weighted by Crippen LogP contribution is 2.06. The van der Waals surface area contributed by atoms with E-state index < -0.39 is 0 Å². The third-order valence-electron chi connectivity index (χ3n) is 2.77. The molecule has 0 atom stereocenters. The third-order valence-corrected chi connectivity index (χ3v) is 2.77. The van der Waals surface area contributed by atoms with Gasteiger partial charge in [0, 0.05) is 25.2 Å². The van der Waals surface area contributed by atoms with Gasteiger partial charge in [0.2, 0.25) is 0 Å². The Kier molecular flexibility index (Phi) is 5.85. The molecule has 5 heteroatoms. The minimum atomic E-state index is -0.146. The minimum Gasteiger partial charge on any atom is -0.469 e. The molecule has 0 aliphatic heterocycles. The molecule has 0 bridgehead atoms. The second kappa shape index (κ2) is 7.16. The van der Waals surface area contributed by atoms with Crippen LogP contribution in [0, 0.1) is 0 Å². The zero-order chi connectivity index (χ0) is 13.5. The van der Waals surface area contributed by atoms with Gasteiger partial charge in [0.25, 0.3) is 0 Å². The summed E-state index contributed by atoms with van der Waals surface area (Å²) in [6, 6.07) is 2.43. The summed E-state index contributed by atoms with van der Waals surface area (Å²) < 4.78 is 6.56. The van der Waals surface area contributed by atoms with E-state index in [2.05, 4.69) is 28.6 Å². The Bertz CT molecular complexity index is 374. The maximum atomic E-state index is 11.0. The summed E-state index contributed by atoms with van der Waals surface area (Å²) in [4.78, 5) is 13.1. The number of nitrogens with zero attached hydrogens (tertiary/aromatic N) is 3. The Morgan fingerprint density at radius 3 is 2.83 bits per heavy atom. The highest BCUT2D eigenvalue weighted by atomic mass is 16.5. The highest BCUT2D eigenvalue weighted by molar-refractivity contribution is 5.69. The van der Waals surface area contributed by atoms with Crippen molar-refractivity contribution in [3.63, 3.8) is 0 Å². The van der Waals surface area contributed by atoms with Gasteiger partial charge in [-0.25, -0.2) is 0 Å². The number of hydrogen-bond donors (Lipinski definition) is 0. The van der Waals surface area contributed by atoms with Crippen molar-refractivity contribution in [3.8, 4) is 0 Å². The lowest BCUT2D eigenvalue weighted by Gasteiger charge is -2.14. The molecule has 0 unspecified atom stereocenters. The van der Waals surface area contributed by atoms with E-state index >= 15 is 0 Å². The number of carbonyl (C=O) groups excluding carboxylic acids is 1. The van der Waals surface area contributed by atoms with Crippen molar-refractivity contribution in [3.05, 3.63) is 18.0 Å². The molecule has 0 radical (unpaired) electrons. The molecule has 5 nitrogen and oxygen atoms in total. The minimum absolute atomic E-state index is 0.146. The molecule has 1 aromatic heterocycles. The predicted molar refractivity (Wildman–Crippen MR) is 70.2 cm³/mol. The average Bonchev–Trinajstić information content (AvgIpc) is 2.77.